The van der Waals surface area contributed by atoms with Crippen LogP contribution < -0.4 is 4.74 Å². The number of rotatable bonds is 2. The Morgan fingerprint density at radius 3 is 2.91 bits per heavy atom. The summed E-state index contributed by atoms with van der Waals surface area (Å²) < 4.78 is 7.03. The maximum Gasteiger partial charge on any atom is 0.308 e. The summed E-state index contributed by atoms with van der Waals surface area (Å²) in [6, 6.07) is 9.21. The van der Waals surface area contributed by atoms with Crippen LogP contribution >= 0.6 is 0 Å². The molecule has 108 valence electrons. The van der Waals surface area contributed by atoms with Gasteiger partial charge in [-0.3, -0.25) is 4.79 Å². The van der Waals surface area contributed by atoms with E-state index in [1.807, 2.05) is 13.1 Å². The third kappa shape index (κ3) is 2.29. The molecule has 0 amide bonds. The summed E-state index contributed by atoms with van der Waals surface area (Å²) in [5.41, 5.74) is 2.59. The number of nitrogens with zero attached hydrogens (tertiary/aromatic N) is 4. The molecule has 0 atom stereocenters. The topological polar surface area (TPSA) is 80.8 Å². The Hall–Kier alpha value is -3.20. The van der Waals surface area contributed by atoms with E-state index in [1.54, 1.807) is 29.0 Å². The van der Waals surface area contributed by atoms with E-state index in [0.29, 0.717) is 28.0 Å². The van der Waals surface area contributed by atoms with Crippen LogP contribution in [-0.2, 0) is 11.8 Å². The van der Waals surface area contributed by atoms with Gasteiger partial charge in [0.1, 0.15) is 12.0 Å². The first kappa shape index (κ1) is 13.8. The molecule has 0 saturated carbocycles. The second-order valence-corrected chi connectivity index (χ2v) is 4.81. The standard InChI is InChI=1S/C16H12N4O2/c1-10(21)22-13-8-20(2)16-14(13)15(18-9-19-16)12-5-3-4-11(6-12)7-17/h3-6,8-9H,1-2H3. The number of hydrogen-bond acceptors (Lipinski definition) is 5. The number of aryl methyl sites for hydroxylation is 1. The number of aromatic nitrogens is 3. The van der Waals surface area contributed by atoms with E-state index < -0.39 is 5.97 Å². The van der Waals surface area contributed by atoms with Crippen molar-refractivity contribution in [1.29, 1.82) is 5.26 Å². The lowest BCUT2D eigenvalue weighted by Gasteiger charge is -2.05. The van der Waals surface area contributed by atoms with Crippen LogP contribution in [0.2, 0.25) is 0 Å². The minimum Gasteiger partial charge on any atom is -0.424 e. The monoisotopic (exact) mass is 292 g/mol. The normalized spacial score (nSPS) is 10.4. The molecule has 6 nitrogen and oxygen atoms in total. The molecule has 0 aliphatic heterocycles. The lowest BCUT2D eigenvalue weighted by atomic mass is 10.1. The minimum absolute atomic E-state index is 0.406. The molecule has 1 aromatic carbocycles. The molecule has 2 heterocycles. The molecule has 0 aliphatic carbocycles. The molecule has 22 heavy (non-hydrogen) atoms. The van der Waals surface area contributed by atoms with Gasteiger partial charge in [-0.15, -0.1) is 0 Å². The molecule has 0 N–H and O–H groups in total. The zero-order valence-corrected chi connectivity index (χ0v) is 12.1. The molecule has 3 rings (SSSR count). The maximum absolute atomic E-state index is 11.3. The molecule has 0 fully saturated rings. The third-order valence-electron chi connectivity index (χ3n) is 3.24. The summed E-state index contributed by atoms with van der Waals surface area (Å²) >= 11 is 0. The molecule has 0 spiro atoms. The van der Waals surface area contributed by atoms with Gasteiger partial charge in [-0.05, 0) is 12.1 Å². The summed E-state index contributed by atoms with van der Waals surface area (Å²) in [6.45, 7) is 1.35. The largest absolute Gasteiger partial charge is 0.424 e. The fourth-order valence-electron chi connectivity index (χ4n) is 2.36. The van der Waals surface area contributed by atoms with Crippen molar-refractivity contribution < 1.29 is 9.53 Å². The highest BCUT2D eigenvalue weighted by Crippen LogP contribution is 2.34. The lowest BCUT2D eigenvalue weighted by molar-refractivity contribution is -0.131. The van der Waals surface area contributed by atoms with Crippen molar-refractivity contribution in [3.63, 3.8) is 0 Å². The highest BCUT2D eigenvalue weighted by molar-refractivity contribution is 5.97. The van der Waals surface area contributed by atoms with E-state index in [2.05, 4.69) is 16.0 Å². The highest BCUT2D eigenvalue weighted by atomic mass is 16.5. The van der Waals surface area contributed by atoms with Crippen LogP contribution in [0.3, 0.4) is 0 Å². The van der Waals surface area contributed by atoms with E-state index in [4.69, 9.17) is 10.00 Å². The van der Waals surface area contributed by atoms with Gasteiger partial charge in [-0.2, -0.15) is 5.26 Å². The first-order valence-corrected chi connectivity index (χ1v) is 6.59. The van der Waals surface area contributed by atoms with Crippen LogP contribution in [-0.4, -0.2) is 20.5 Å². The Kier molecular flexibility index (Phi) is 3.31. The van der Waals surface area contributed by atoms with Gasteiger partial charge in [-0.1, -0.05) is 12.1 Å². The Bertz CT molecular complexity index is 922. The van der Waals surface area contributed by atoms with E-state index >= 15 is 0 Å². The fraction of sp³-hybridized carbons (Fsp3) is 0.125. The number of carbonyl (C=O) groups is 1. The van der Waals surface area contributed by atoms with E-state index in [0.717, 1.165) is 5.56 Å². The van der Waals surface area contributed by atoms with Crippen LogP contribution in [0.4, 0.5) is 0 Å². The number of carbonyl (C=O) groups excluding carboxylic acids is 1. The Morgan fingerprint density at radius 2 is 2.18 bits per heavy atom. The Morgan fingerprint density at radius 1 is 1.36 bits per heavy atom. The minimum atomic E-state index is -0.409. The molecule has 0 bridgehead atoms. The van der Waals surface area contributed by atoms with Gasteiger partial charge in [0.05, 0.1) is 22.7 Å². The SMILES string of the molecule is CC(=O)Oc1cn(C)c2ncnc(-c3cccc(C#N)c3)c12. The zero-order chi connectivity index (χ0) is 15.7. The van der Waals surface area contributed by atoms with Gasteiger partial charge in [0, 0.05) is 25.7 Å². The lowest BCUT2D eigenvalue weighted by Crippen LogP contribution is -2.01. The first-order chi connectivity index (χ1) is 10.6. The van der Waals surface area contributed by atoms with Crippen molar-refractivity contribution in [1.82, 2.24) is 14.5 Å². The molecule has 6 heteroatoms. The second-order valence-electron chi connectivity index (χ2n) is 4.81. The van der Waals surface area contributed by atoms with Gasteiger partial charge >= 0.3 is 5.97 Å². The number of fused-ring (bicyclic) bond motifs is 1. The zero-order valence-electron chi connectivity index (χ0n) is 12.1. The van der Waals surface area contributed by atoms with E-state index in [9.17, 15) is 4.79 Å². The van der Waals surface area contributed by atoms with Gasteiger partial charge in [-0.25, -0.2) is 9.97 Å². The van der Waals surface area contributed by atoms with Gasteiger partial charge < -0.3 is 9.30 Å². The average Bonchev–Trinajstić information content (AvgIpc) is 2.83. The molecule has 0 saturated heterocycles. The van der Waals surface area contributed by atoms with Crippen LogP contribution in [0.5, 0.6) is 5.75 Å². The highest BCUT2D eigenvalue weighted by Gasteiger charge is 2.17. The number of hydrogen-bond donors (Lipinski definition) is 0. The average molecular weight is 292 g/mol. The summed E-state index contributed by atoms with van der Waals surface area (Å²) in [5.74, 6) is -0.00367. The number of ether oxygens (including phenoxy) is 1. The molecular formula is C16H12N4O2. The first-order valence-electron chi connectivity index (χ1n) is 6.59. The Balaban J connectivity index is 2.29. The molecule has 3 aromatic rings. The quantitative estimate of drug-likeness (QED) is 0.678. The van der Waals surface area contributed by atoms with Crippen molar-refractivity contribution in [2.24, 2.45) is 7.05 Å². The van der Waals surface area contributed by atoms with Gasteiger partial charge in [0.2, 0.25) is 0 Å². The summed E-state index contributed by atoms with van der Waals surface area (Å²) in [5, 5.41) is 9.69. The molecule has 0 aliphatic rings. The van der Waals surface area contributed by atoms with Crippen LogP contribution in [0, 0.1) is 11.3 Å². The predicted octanol–water partition coefficient (Wildman–Crippen LogP) is 2.43. The smallest absolute Gasteiger partial charge is 0.308 e. The van der Waals surface area contributed by atoms with Gasteiger partial charge in [0.15, 0.2) is 5.75 Å². The summed E-state index contributed by atoms with van der Waals surface area (Å²) in [6.07, 6.45) is 3.15. The number of nitriles is 1. The molecule has 0 unspecified atom stereocenters. The summed E-state index contributed by atoms with van der Waals surface area (Å²) in [7, 11) is 1.82. The van der Waals surface area contributed by atoms with Gasteiger partial charge in [0.25, 0.3) is 0 Å². The van der Waals surface area contributed by atoms with E-state index in [1.165, 1.54) is 13.3 Å². The third-order valence-corrected chi connectivity index (χ3v) is 3.24. The van der Waals surface area contributed by atoms with Crippen LogP contribution in [0.1, 0.15) is 12.5 Å². The molecule has 0 radical (unpaired) electrons. The van der Waals surface area contributed by atoms with Crippen molar-refractivity contribution in [2.45, 2.75) is 6.92 Å². The van der Waals surface area contributed by atoms with Crippen molar-refractivity contribution in [3.05, 3.63) is 42.4 Å². The van der Waals surface area contributed by atoms with Crippen LogP contribution in [0.25, 0.3) is 22.3 Å². The second kappa shape index (κ2) is 5.30. The van der Waals surface area contributed by atoms with E-state index in [-0.39, 0.29) is 0 Å². The van der Waals surface area contributed by atoms with Crippen molar-refractivity contribution >= 4 is 17.0 Å². The maximum atomic E-state index is 11.3. The number of benzene rings is 1. The van der Waals surface area contributed by atoms with Crippen molar-refractivity contribution in [2.75, 3.05) is 0 Å². The van der Waals surface area contributed by atoms with Crippen molar-refractivity contribution in [3.8, 4) is 23.1 Å². The summed E-state index contributed by atoms with van der Waals surface area (Å²) in [4.78, 5) is 19.8. The van der Waals surface area contributed by atoms with Crippen LogP contribution in [0.15, 0.2) is 36.8 Å². The molecule has 2 aromatic heterocycles. The fourth-order valence-corrected chi connectivity index (χ4v) is 2.36. The predicted molar refractivity (Wildman–Crippen MR) is 80.0 cm³/mol. The molecular weight excluding hydrogens is 280 g/mol. The Labute approximate surface area is 126 Å². The number of esters is 1.